The molecule has 0 aliphatic carbocycles. The van der Waals surface area contributed by atoms with E-state index in [1.807, 2.05) is 0 Å². The SMILES string of the molecule is COc1ccc(CN(C)C(=O)C(C)NS(=O)(=O)c2ccc(Cl)cc2)cc1F. The number of halogens is 2. The minimum absolute atomic E-state index is 0.00595. The summed E-state index contributed by atoms with van der Waals surface area (Å²) in [6.07, 6.45) is 0. The number of methoxy groups -OCH3 is 1. The van der Waals surface area contributed by atoms with Gasteiger partial charge in [-0.05, 0) is 48.9 Å². The average molecular weight is 415 g/mol. The Bertz CT molecular complexity index is 919. The zero-order valence-electron chi connectivity index (χ0n) is 15.1. The first-order valence-electron chi connectivity index (χ1n) is 7.99. The Morgan fingerprint density at radius 1 is 1.26 bits per heavy atom. The van der Waals surface area contributed by atoms with Crippen molar-refractivity contribution in [2.24, 2.45) is 0 Å². The van der Waals surface area contributed by atoms with Crippen LogP contribution < -0.4 is 9.46 Å². The summed E-state index contributed by atoms with van der Waals surface area (Å²) in [5.74, 6) is -0.882. The summed E-state index contributed by atoms with van der Waals surface area (Å²) in [4.78, 5) is 13.8. The molecule has 1 amide bonds. The maximum Gasteiger partial charge on any atom is 0.241 e. The minimum atomic E-state index is -3.88. The van der Waals surface area contributed by atoms with Crippen LogP contribution in [0.5, 0.6) is 5.75 Å². The van der Waals surface area contributed by atoms with Gasteiger partial charge in [-0.2, -0.15) is 4.72 Å². The summed E-state index contributed by atoms with van der Waals surface area (Å²) in [6, 6.07) is 8.98. The van der Waals surface area contributed by atoms with E-state index in [4.69, 9.17) is 16.3 Å². The van der Waals surface area contributed by atoms with Crippen molar-refractivity contribution in [2.45, 2.75) is 24.4 Å². The normalized spacial score (nSPS) is 12.5. The largest absolute Gasteiger partial charge is 0.494 e. The lowest BCUT2D eigenvalue weighted by Crippen LogP contribution is -2.45. The molecule has 27 heavy (non-hydrogen) atoms. The Hall–Kier alpha value is -2.16. The van der Waals surface area contributed by atoms with E-state index in [0.29, 0.717) is 10.6 Å². The first-order valence-corrected chi connectivity index (χ1v) is 9.85. The molecule has 9 heteroatoms. The van der Waals surface area contributed by atoms with E-state index in [2.05, 4.69) is 4.72 Å². The molecule has 2 aromatic rings. The van der Waals surface area contributed by atoms with Crippen LogP contribution in [0.25, 0.3) is 0 Å². The number of likely N-dealkylation sites (N-methyl/N-ethyl adjacent to an activating group) is 1. The molecule has 2 rings (SSSR count). The van der Waals surface area contributed by atoms with E-state index in [-0.39, 0.29) is 17.2 Å². The highest BCUT2D eigenvalue weighted by Crippen LogP contribution is 2.19. The summed E-state index contributed by atoms with van der Waals surface area (Å²) in [5, 5.41) is 0.407. The second kappa shape index (κ2) is 8.69. The molecule has 6 nitrogen and oxygen atoms in total. The summed E-state index contributed by atoms with van der Waals surface area (Å²) in [6.45, 7) is 1.56. The van der Waals surface area contributed by atoms with Crippen LogP contribution in [0.4, 0.5) is 4.39 Å². The molecule has 0 saturated carbocycles. The molecule has 1 unspecified atom stereocenters. The maximum absolute atomic E-state index is 13.8. The summed E-state index contributed by atoms with van der Waals surface area (Å²) < 4.78 is 45.7. The number of nitrogens with one attached hydrogen (secondary N) is 1. The number of ether oxygens (including phenoxy) is 1. The standard InChI is InChI=1S/C18H20ClFN2O4S/c1-12(21-27(24,25)15-7-5-14(19)6-8-15)18(23)22(2)11-13-4-9-17(26-3)16(20)10-13/h4-10,12,21H,11H2,1-3H3. The van der Waals surface area contributed by atoms with Crippen LogP contribution >= 0.6 is 11.6 Å². The predicted molar refractivity (Wildman–Crippen MR) is 101 cm³/mol. The second-order valence-corrected chi connectivity index (χ2v) is 8.11. The quantitative estimate of drug-likeness (QED) is 0.755. The van der Waals surface area contributed by atoms with Crippen LogP contribution in [-0.2, 0) is 21.4 Å². The van der Waals surface area contributed by atoms with Gasteiger partial charge in [-0.25, -0.2) is 12.8 Å². The van der Waals surface area contributed by atoms with Crippen molar-refractivity contribution in [3.8, 4) is 5.75 Å². The number of sulfonamides is 1. The molecule has 0 bridgehead atoms. The Morgan fingerprint density at radius 3 is 2.44 bits per heavy atom. The Labute approximate surface area is 162 Å². The van der Waals surface area contributed by atoms with Crippen LogP contribution in [0.3, 0.4) is 0 Å². The number of hydrogen-bond acceptors (Lipinski definition) is 4. The van der Waals surface area contributed by atoms with Crippen molar-refractivity contribution in [3.05, 3.63) is 58.9 Å². The Morgan fingerprint density at radius 2 is 1.89 bits per heavy atom. The number of benzene rings is 2. The van der Waals surface area contributed by atoms with E-state index >= 15 is 0 Å². The number of hydrogen-bond donors (Lipinski definition) is 1. The van der Waals surface area contributed by atoms with Crippen molar-refractivity contribution in [3.63, 3.8) is 0 Å². The van der Waals surface area contributed by atoms with Gasteiger partial charge in [0.05, 0.1) is 18.0 Å². The fourth-order valence-corrected chi connectivity index (χ4v) is 3.78. The zero-order chi connectivity index (χ0) is 20.2. The fraction of sp³-hybridized carbons (Fsp3) is 0.278. The molecular weight excluding hydrogens is 395 g/mol. The number of nitrogens with zero attached hydrogens (tertiary/aromatic N) is 1. The van der Waals surface area contributed by atoms with Crippen molar-refractivity contribution in [1.82, 2.24) is 9.62 Å². The van der Waals surface area contributed by atoms with Crippen LogP contribution in [0, 0.1) is 5.82 Å². The smallest absolute Gasteiger partial charge is 0.241 e. The van der Waals surface area contributed by atoms with Gasteiger partial charge in [0.2, 0.25) is 15.9 Å². The highest BCUT2D eigenvalue weighted by Gasteiger charge is 2.24. The third-order valence-electron chi connectivity index (χ3n) is 3.84. The van der Waals surface area contributed by atoms with Crippen molar-refractivity contribution in [1.29, 1.82) is 0 Å². The Balaban J connectivity index is 2.05. The van der Waals surface area contributed by atoms with Gasteiger partial charge >= 0.3 is 0 Å². The molecule has 0 fully saturated rings. The zero-order valence-corrected chi connectivity index (χ0v) is 16.6. The highest BCUT2D eigenvalue weighted by atomic mass is 35.5. The topological polar surface area (TPSA) is 75.7 Å². The number of carbonyl (C=O) groups is 1. The van der Waals surface area contributed by atoms with Crippen LogP contribution in [0.1, 0.15) is 12.5 Å². The monoisotopic (exact) mass is 414 g/mol. The molecule has 0 aliphatic rings. The molecule has 0 spiro atoms. The molecule has 2 aromatic carbocycles. The van der Waals surface area contributed by atoms with Gasteiger partial charge in [0.1, 0.15) is 0 Å². The predicted octanol–water partition coefficient (Wildman–Crippen LogP) is 2.81. The van der Waals surface area contributed by atoms with Gasteiger partial charge in [0.25, 0.3) is 0 Å². The number of carbonyl (C=O) groups excluding carboxylic acids is 1. The van der Waals surface area contributed by atoms with Crippen LogP contribution in [-0.4, -0.2) is 39.4 Å². The van der Waals surface area contributed by atoms with Gasteiger partial charge in [-0.1, -0.05) is 17.7 Å². The van der Waals surface area contributed by atoms with Crippen LogP contribution in [0.2, 0.25) is 5.02 Å². The molecule has 1 atom stereocenters. The summed E-state index contributed by atoms with van der Waals surface area (Å²) in [7, 11) is -1.00. The fourth-order valence-electron chi connectivity index (χ4n) is 2.46. The maximum atomic E-state index is 13.8. The van der Waals surface area contributed by atoms with E-state index in [1.54, 1.807) is 6.07 Å². The van der Waals surface area contributed by atoms with Crippen molar-refractivity contribution < 1.29 is 22.3 Å². The highest BCUT2D eigenvalue weighted by molar-refractivity contribution is 7.89. The average Bonchev–Trinajstić information content (AvgIpc) is 2.61. The summed E-state index contributed by atoms with van der Waals surface area (Å²) >= 11 is 5.76. The van der Waals surface area contributed by atoms with Crippen molar-refractivity contribution in [2.75, 3.05) is 14.2 Å². The van der Waals surface area contributed by atoms with Crippen molar-refractivity contribution >= 4 is 27.5 Å². The van der Waals surface area contributed by atoms with E-state index < -0.39 is 27.8 Å². The van der Waals surface area contributed by atoms with E-state index in [1.165, 1.54) is 62.4 Å². The molecule has 146 valence electrons. The lowest BCUT2D eigenvalue weighted by Gasteiger charge is -2.22. The third kappa shape index (κ3) is 5.41. The van der Waals surface area contributed by atoms with E-state index in [0.717, 1.165) is 0 Å². The van der Waals surface area contributed by atoms with Gasteiger partial charge in [-0.15, -0.1) is 0 Å². The molecule has 0 aliphatic heterocycles. The molecule has 1 N–H and O–H groups in total. The molecular formula is C18H20ClFN2O4S. The molecule has 0 heterocycles. The van der Waals surface area contributed by atoms with Gasteiger partial charge < -0.3 is 9.64 Å². The first kappa shape index (κ1) is 21.1. The number of rotatable bonds is 7. The van der Waals surface area contributed by atoms with Crippen LogP contribution in [0.15, 0.2) is 47.4 Å². The van der Waals surface area contributed by atoms with Gasteiger partial charge in [0, 0.05) is 18.6 Å². The lowest BCUT2D eigenvalue weighted by atomic mass is 10.2. The van der Waals surface area contributed by atoms with E-state index in [9.17, 15) is 17.6 Å². The third-order valence-corrected chi connectivity index (χ3v) is 5.65. The lowest BCUT2D eigenvalue weighted by molar-refractivity contribution is -0.131. The number of amides is 1. The molecule has 0 aromatic heterocycles. The molecule has 0 saturated heterocycles. The van der Waals surface area contributed by atoms with Gasteiger partial charge in [-0.3, -0.25) is 4.79 Å². The summed E-state index contributed by atoms with van der Waals surface area (Å²) in [5.41, 5.74) is 0.553. The minimum Gasteiger partial charge on any atom is -0.494 e. The molecule has 0 radical (unpaired) electrons. The first-order chi connectivity index (χ1) is 12.6. The Kier molecular flexibility index (Phi) is 6.80. The van der Waals surface area contributed by atoms with Gasteiger partial charge in [0.15, 0.2) is 11.6 Å². The second-order valence-electron chi connectivity index (χ2n) is 5.96.